The summed E-state index contributed by atoms with van der Waals surface area (Å²) in [6, 6.07) is 7.90. The van der Waals surface area contributed by atoms with Crippen molar-refractivity contribution in [1.82, 2.24) is 20.4 Å². The Hall–Kier alpha value is -2.45. The number of carbonyl (C=O) groups is 1. The highest BCUT2D eigenvalue weighted by atomic mass is 32.1. The summed E-state index contributed by atoms with van der Waals surface area (Å²) in [5.74, 6) is 0.771. The van der Waals surface area contributed by atoms with Gasteiger partial charge in [-0.05, 0) is 25.6 Å². The van der Waals surface area contributed by atoms with Crippen LogP contribution in [0.2, 0.25) is 0 Å². The SMILES string of the molecule is CCCCC(Cc1onc2ccccc12)NC(=O)c1cnc(N2CCN(C)CC2)s1. The van der Waals surface area contributed by atoms with E-state index in [9.17, 15) is 4.79 Å². The van der Waals surface area contributed by atoms with Crippen molar-refractivity contribution in [1.29, 1.82) is 0 Å². The molecule has 1 N–H and O–H groups in total. The number of rotatable bonds is 8. The first-order valence-corrected chi connectivity index (χ1v) is 11.5. The lowest BCUT2D eigenvalue weighted by molar-refractivity contribution is 0.0937. The third-order valence-corrected chi connectivity index (χ3v) is 6.68. The number of aromatic nitrogens is 2. The summed E-state index contributed by atoms with van der Waals surface area (Å²) in [6.07, 6.45) is 5.37. The van der Waals surface area contributed by atoms with Crippen molar-refractivity contribution in [3.63, 3.8) is 0 Å². The lowest BCUT2D eigenvalue weighted by Crippen LogP contribution is -2.44. The maximum atomic E-state index is 12.9. The van der Waals surface area contributed by atoms with Crippen LogP contribution in [0.1, 0.15) is 41.6 Å². The topological polar surface area (TPSA) is 74.5 Å². The number of amides is 1. The summed E-state index contributed by atoms with van der Waals surface area (Å²) in [5.41, 5.74) is 0.854. The molecule has 0 bridgehead atoms. The van der Waals surface area contributed by atoms with Crippen LogP contribution >= 0.6 is 11.3 Å². The van der Waals surface area contributed by atoms with Crippen molar-refractivity contribution in [2.24, 2.45) is 0 Å². The second kappa shape index (κ2) is 9.57. The molecule has 1 aliphatic heterocycles. The predicted molar refractivity (Wildman–Crippen MR) is 120 cm³/mol. The van der Waals surface area contributed by atoms with E-state index in [4.69, 9.17) is 4.52 Å². The smallest absolute Gasteiger partial charge is 0.263 e. The Morgan fingerprint density at radius 2 is 2.07 bits per heavy atom. The van der Waals surface area contributed by atoms with Crippen LogP contribution in [0.4, 0.5) is 5.13 Å². The van der Waals surface area contributed by atoms with Gasteiger partial charge in [-0.1, -0.05) is 48.4 Å². The number of nitrogens with zero attached hydrogens (tertiary/aromatic N) is 4. The molecule has 1 aliphatic rings. The van der Waals surface area contributed by atoms with E-state index in [1.165, 1.54) is 11.3 Å². The van der Waals surface area contributed by atoms with Crippen molar-refractivity contribution in [3.05, 3.63) is 41.1 Å². The molecule has 8 heteroatoms. The van der Waals surface area contributed by atoms with Gasteiger partial charge in [-0.3, -0.25) is 4.79 Å². The normalized spacial score (nSPS) is 16.1. The number of fused-ring (bicyclic) bond motifs is 1. The van der Waals surface area contributed by atoms with E-state index in [1.54, 1.807) is 6.20 Å². The molecule has 1 unspecified atom stereocenters. The highest BCUT2D eigenvalue weighted by Gasteiger charge is 2.22. The van der Waals surface area contributed by atoms with Gasteiger partial charge >= 0.3 is 0 Å². The summed E-state index contributed by atoms with van der Waals surface area (Å²) >= 11 is 1.47. The molecule has 3 aromatic rings. The van der Waals surface area contributed by atoms with Gasteiger partial charge < -0.3 is 19.6 Å². The Balaban J connectivity index is 1.43. The average molecular weight is 428 g/mol. The Morgan fingerprint density at radius 3 is 2.87 bits per heavy atom. The van der Waals surface area contributed by atoms with E-state index in [2.05, 4.69) is 39.2 Å². The number of hydrogen-bond donors (Lipinski definition) is 1. The second-order valence-electron chi connectivity index (χ2n) is 7.94. The van der Waals surface area contributed by atoms with Crippen LogP contribution in [0, 0.1) is 0 Å². The lowest BCUT2D eigenvalue weighted by Gasteiger charge is -2.32. The molecule has 4 rings (SSSR count). The summed E-state index contributed by atoms with van der Waals surface area (Å²) in [6.45, 7) is 6.09. The first-order valence-electron chi connectivity index (χ1n) is 10.7. The molecule has 2 aromatic heterocycles. The number of carbonyl (C=O) groups excluding carboxylic acids is 1. The summed E-state index contributed by atoms with van der Waals surface area (Å²) in [4.78, 5) is 22.7. The molecule has 30 heavy (non-hydrogen) atoms. The predicted octanol–water partition coefficient (Wildman–Crippen LogP) is 3.57. The monoisotopic (exact) mass is 427 g/mol. The second-order valence-corrected chi connectivity index (χ2v) is 8.95. The van der Waals surface area contributed by atoms with Crippen molar-refractivity contribution >= 4 is 33.3 Å². The molecule has 1 atom stereocenters. The minimum Gasteiger partial charge on any atom is -0.360 e. The molecule has 1 amide bonds. The zero-order chi connectivity index (χ0) is 20.9. The molecule has 1 aromatic carbocycles. The van der Waals surface area contributed by atoms with Gasteiger partial charge in [0.2, 0.25) is 0 Å². The molecule has 0 radical (unpaired) electrons. The Bertz CT molecular complexity index is 977. The molecular formula is C22H29N5O2S. The van der Waals surface area contributed by atoms with Gasteiger partial charge in [0.1, 0.15) is 16.2 Å². The van der Waals surface area contributed by atoms with Gasteiger partial charge in [0.15, 0.2) is 5.13 Å². The first kappa shape index (κ1) is 20.8. The van der Waals surface area contributed by atoms with E-state index in [1.807, 2.05) is 24.3 Å². The van der Waals surface area contributed by atoms with Crippen LogP contribution in [-0.4, -0.2) is 60.2 Å². The van der Waals surface area contributed by atoms with Gasteiger partial charge in [0, 0.05) is 44.0 Å². The fourth-order valence-electron chi connectivity index (χ4n) is 3.76. The zero-order valence-electron chi connectivity index (χ0n) is 17.6. The molecule has 0 spiro atoms. The minimum absolute atomic E-state index is 0.00277. The number of piperazine rings is 1. The van der Waals surface area contributed by atoms with Gasteiger partial charge in [0.05, 0.1) is 6.20 Å². The quantitative estimate of drug-likeness (QED) is 0.592. The molecule has 7 nitrogen and oxygen atoms in total. The Kier molecular flexibility index (Phi) is 6.64. The number of nitrogens with one attached hydrogen (secondary N) is 1. The highest BCUT2D eigenvalue weighted by Crippen LogP contribution is 2.24. The van der Waals surface area contributed by atoms with Gasteiger partial charge in [-0.2, -0.15) is 0 Å². The van der Waals surface area contributed by atoms with Crippen molar-refractivity contribution in [2.45, 2.75) is 38.6 Å². The maximum Gasteiger partial charge on any atom is 0.263 e. The van der Waals surface area contributed by atoms with Gasteiger partial charge in [-0.15, -0.1) is 0 Å². The minimum atomic E-state index is -0.0576. The lowest BCUT2D eigenvalue weighted by atomic mass is 10.0. The van der Waals surface area contributed by atoms with E-state index in [-0.39, 0.29) is 11.9 Å². The molecule has 3 heterocycles. The summed E-state index contributed by atoms with van der Waals surface area (Å²) in [7, 11) is 2.13. The van der Waals surface area contributed by atoms with Crippen molar-refractivity contribution in [2.75, 3.05) is 38.1 Å². The number of hydrogen-bond acceptors (Lipinski definition) is 7. The third-order valence-electron chi connectivity index (χ3n) is 5.62. The van der Waals surface area contributed by atoms with E-state index in [0.717, 1.165) is 67.2 Å². The largest absolute Gasteiger partial charge is 0.360 e. The van der Waals surface area contributed by atoms with Crippen molar-refractivity contribution < 1.29 is 9.32 Å². The summed E-state index contributed by atoms with van der Waals surface area (Å²) < 4.78 is 5.58. The number of thiazole rings is 1. The fraction of sp³-hybridized carbons (Fsp3) is 0.500. The number of anilines is 1. The van der Waals surface area contributed by atoms with Crippen molar-refractivity contribution in [3.8, 4) is 0 Å². The third kappa shape index (κ3) is 4.82. The van der Waals surface area contributed by atoms with Crippen LogP contribution < -0.4 is 10.2 Å². The zero-order valence-corrected chi connectivity index (χ0v) is 18.5. The molecule has 1 fully saturated rings. The summed E-state index contributed by atoms with van der Waals surface area (Å²) in [5, 5.41) is 9.30. The van der Waals surface area contributed by atoms with Crippen LogP contribution in [0.3, 0.4) is 0 Å². The Labute approximate surface area is 181 Å². The Morgan fingerprint density at radius 1 is 1.27 bits per heavy atom. The van der Waals surface area contributed by atoms with E-state index in [0.29, 0.717) is 11.3 Å². The molecule has 0 saturated carbocycles. The standard InChI is InChI=1S/C22H29N5O2S/c1-3-4-7-16(14-19-17-8-5-6-9-18(17)25-29-19)24-21(28)20-15-23-22(30-20)27-12-10-26(2)11-13-27/h5-6,8-9,15-16H,3-4,7,10-14H2,1-2H3,(H,24,28). The highest BCUT2D eigenvalue weighted by molar-refractivity contribution is 7.17. The molecule has 1 saturated heterocycles. The van der Waals surface area contributed by atoms with Crippen LogP contribution in [-0.2, 0) is 6.42 Å². The first-order chi connectivity index (χ1) is 14.6. The van der Waals surface area contributed by atoms with Gasteiger partial charge in [-0.25, -0.2) is 4.98 Å². The molecule has 160 valence electrons. The average Bonchev–Trinajstić information content (AvgIpc) is 3.40. The maximum absolute atomic E-state index is 12.9. The molecular weight excluding hydrogens is 398 g/mol. The molecule has 0 aliphatic carbocycles. The van der Waals surface area contributed by atoms with Crippen LogP contribution in [0.25, 0.3) is 10.9 Å². The number of unbranched alkanes of at least 4 members (excludes halogenated alkanes) is 1. The van der Waals surface area contributed by atoms with Crippen LogP contribution in [0.5, 0.6) is 0 Å². The van der Waals surface area contributed by atoms with E-state index < -0.39 is 0 Å². The number of benzene rings is 1. The van der Waals surface area contributed by atoms with Crippen LogP contribution in [0.15, 0.2) is 35.0 Å². The fourth-order valence-corrected chi connectivity index (χ4v) is 4.63. The van der Waals surface area contributed by atoms with E-state index >= 15 is 0 Å². The number of likely N-dealkylation sites (N-methyl/N-ethyl adjacent to an activating group) is 1. The van der Waals surface area contributed by atoms with Gasteiger partial charge in [0.25, 0.3) is 5.91 Å².